The number of carbonyl (C=O) groups excluding carboxylic acids is 1. The topological polar surface area (TPSA) is 68.8 Å². The van der Waals surface area contributed by atoms with E-state index in [9.17, 15) is 4.79 Å². The highest BCUT2D eigenvalue weighted by molar-refractivity contribution is 5.68. The molecule has 6 heteroatoms. The maximum Gasteiger partial charge on any atom is 0.407 e. The fourth-order valence-electron chi connectivity index (χ4n) is 3.16. The number of fused-ring (bicyclic) bond motifs is 1. The molecule has 1 fully saturated rings. The SMILES string of the molecule is CC(C)(C)OC(=O)NC1CCC(NCc2cccc3c2OCO3)C1. The van der Waals surface area contributed by atoms with Gasteiger partial charge in [-0.15, -0.1) is 0 Å². The molecule has 0 spiro atoms. The van der Waals surface area contributed by atoms with Gasteiger partial charge in [0.15, 0.2) is 11.5 Å². The summed E-state index contributed by atoms with van der Waals surface area (Å²) in [5.74, 6) is 1.65. The molecule has 3 rings (SSSR count). The van der Waals surface area contributed by atoms with Gasteiger partial charge < -0.3 is 24.8 Å². The number of rotatable bonds is 4. The Kier molecular flexibility index (Phi) is 4.85. The van der Waals surface area contributed by atoms with Crippen molar-refractivity contribution in [3.63, 3.8) is 0 Å². The Morgan fingerprint density at radius 2 is 2.04 bits per heavy atom. The van der Waals surface area contributed by atoms with Crippen molar-refractivity contribution >= 4 is 6.09 Å². The number of carbonyl (C=O) groups is 1. The third kappa shape index (κ3) is 4.32. The summed E-state index contributed by atoms with van der Waals surface area (Å²) in [6, 6.07) is 6.49. The van der Waals surface area contributed by atoms with Crippen LogP contribution in [0.5, 0.6) is 11.5 Å². The first-order valence-electron chi connectivity index (χ1n) is 8.51. The minimum absolute atomic E-state index is 0.165. The van der Waals surface area contributed by atoms with E-state index < -0.39 is 5.60 Å². The Bertz CT molecular complexity index is 597. The van der Waals surface area contributed by atoms with Crippen LogP contribution in [0.25, 0.3) is 0 Å². The first-order valence-corrected chi connectivity index (χ1v) is 8.51. The summed E-state index contributed by atoms with van der Waals surface area (Å²) in [7, 11) is 0. The van der Waals surface area contributed by atoms with E-state index >= 15 is 0 Å². The number of hydrogen-bond donors (Lipinski definition) is 2. The van der Waals surface area contributed by atoms with Gasteiger partial charge in [-0.25, -0.2) is 4.79 Å². The van der Waals surface area contributed by atoms with E-state index in [-0.39, 0.29) is 18.9 Å². The molecule has 1 heterocycles. The molecule has 1 aliphatic carbocycles. The fourth-order valence-corrected chi connectivity index (χ4v) is 3.16. The van der Waals surface area contributed by atoms with Crippen LogP contribution in [0.2, 0.25) is 0 Å². The first kappa shape index (κ1) is 16.9. The molecule has 6 nitrogen and oxygen atoms in total. The zero-order valence-electron chi connectivity index (χ0n) is 14.6. The maximum absolute atomic E-state index is 11.8. The van der Waals surface area contributed by atoms with Gasteiger partial charge in [-0.3, -0.25) is 0 Å². The van der Waals surface area contributed by atoms with E-state index in [2.05, 4.69) is 10.6 Å². The molecule has 1 aromatic carbocycles. The lowest BCUT2D eigenvalue weighted by atomic mass is 10.1. The van der Waals surface area contributed by atoms with Gasteiger partial charge in [0.25, 0.3) is 0 Å². The van der Waals surface area contributed by atoms with Crippen LogP contribution >= 0.6 is 0 Å². The van der Waals surface area contributed by atoms with Crippen molar-refractivity contribution in [2.24, 2.45) is 0 Å². The number of benzene rings is 1. The van der Waals surface area contributed by atoms with Crippen LogP contribution in [0.4, 0.5) is 4.79 Å². The van der Waals surface area contributed by atoms with Crippen LogP contribution in [0.15, 0.2) is 18.2 Å². The molecule has 0 bridgehead atoms. The molecule has 2 unspecified atom stereocenters. The summed E-state index contributed by atoms with van der Waals surface area (Å²) >= 11 is 0. The molecular weight excluding hydrogens is 308 g/mol. The van der Waals surface area contributed by atoms with Gasteiger partial charge in [0.2, 0.25) is 6.79 Å². The van der Waals surface area contributed by atoms with Crippen LogP contribution < -0.4 is 20.1 Å². The summed E-state index contributed by atoms with van der Waals surface area (Å²) in [5.41, 5.74) is 0.643. The quantitative estimate of drug-likeness (QED) is 0.886. The molecule has 132 valence electrons. The number of amides is 1. The van der Waals surface area contributed by atoms with Crippen LogP contribution in [0.1, 0.15) is 45.6 Å². The second-order valence-electron chi connectivity index (χ2n) is 7.38. The first-order chi connectivity index (χ1) is 11.4. The summed E-state index contributed by atoms with van der Waals surface area (Å²) < 4.78 is 16.2. The maximum atomic E-state index is 11.8. The summed E-state index contributed by atoms with van der Waals surface area (Å²) in [6.07, 6.45) is 2.57. The predicted molar refractivity (Wildman–Crippen MR) is 90.2 cm³/mol. The van der Waals surface area contributed by atoms with Crippen LogP contribution in [0.3, 0.4) is 0 Å². The molecule has 24 heavy (non-hydrogen) atoms. The van der Waals surface area contributed by atoms with Crippen LogP contribution in [-0.2, 0) is 11.3 Å². The lowest BCUT2D eigenvalue weighted by Gasteiger charge is -2.22. The van der Waals surface area contributed by atoms with Crippen LogP contribution in [-0.4, -0.2) is 30.6 Å². The minimum Gasteiger partial charge on any atom is -0.454 e. The zero-order chi connectivity index (χ0) is 17.2. The molecule has 2 aliphatic rings. The number of para-hydroxylation sites is 1. The van der Waals surface area contributed by atoms with Crippen molar-refractivity contribution in [1.29, 1.82) is 0 Å². The molecular formula is C18H26N2O4. The second kappa shape index (κ2) is 6.89. The predicted octanol–water partition coefficient (Wildman–Crippen LogP) is 2.95. The van der Waals surface area contributed by atoms with Crippen molar-refractivity contribution < 1.29 is 19.0 Å². The molecule has 1 aliphatic heterocycles. The molecule has 2 atom stereocenters. The molecule has 0 aromatic heterocycles. The highest BCUT2D eigenvalue weighted by Crippen LogP contribution is 2.35. The third-order valence-electron chi connectivity index (χ3n) is 4.21. The van der Waals surface area contributed by atoms with Crippen molar-refractivity contribution in [2.75, 3.05) is 6.79 Å². The molecule has 0 radical (unpaired) electrons. The number of ether oxygens (including phenoxy) is 3. The van der Waals surface area contributed by atoms with Crippen molar-refractivity contribution in [2.45, 2.75) is 64.3 Å². The Morgan fingerprint density at radius 3 is 2.83 bits per heavy atom. The van der Waals surface area contributed by atoms with Crippen molar-refractivity contribution in [1.82, 2.24) is 10.6 Å². The van der Waals surface area contributed by atoms with Gasteiger partial charge in [-0.05, 0) is 46.1 Å². The van der Waals surface area contributed by atoms with Gasteiger partial charge in [-0.2, -0.15) is 0 Å². The Labute approximate surface area is 142 Å². The van der Waals surface area contributed by atoms with E-state index in [1.54, 1.807) is 0 Å². The highest BCUT2D eigenvalue weighted by Gasteiger charge is 2.28. The van der Waals surface area contributed by atoms with E-state index in [0.717, 1.165) is 42.9 Å². The lowest BCUT2D eigenvalue weighted by Crippen LogP contribution is -2.38. The summed E-state index contributed by atoms with van der Waals surface area (Å²) in [5, 5.41) is 6.51. The van der Waals surface area contributed by atoms with Gasteiger partial charge in [0, 0.05) is 24.2 Å². The Hall–Kier alpha value is -1.95. The largest absolute Gasteiger partial charge is 0.454 e. The normalized spacial score (nSPS) is 22.5. The Morgan fingerprint density at radius 1 is 1.25 bits per heavy atom. The van der Waals surface area contributed by atoms with Crippen molar-refractivity contribution in [3.05, 3.63) is 23.8 Å². The highest BCUT2D eigenvalue weighted by atomic mass is 16.7. The second-order valence-corrected chi connectivity index (χ2v) is 7.38. The summed E-state index contributed by atoms with van der Waals surface area (Å²) in [6.45, 7) is 6.63. The smallest absolute Gasteiger partial charge is 0.407 e. The lowest BCUT2D eigenvalue weighted by molar-refractivity contribution is 0.0505. The van der Waals surface area contributed by atoms with Gasteiger partial charge in [0.1, 0.15) is 5.60 Å². The monoisotopic (exact) mass is 334 g/mol. The van der Waals surface area contributed by atoms with Crippen LogP contribution in [0, 0.1) is 0 Å². The van der Waals surface area contributed by atoms with Crippen molar-refractivity contribution in [3.8, 4) is 11.5 Å². The number of hydrogen-bond acceptors (Lipinski definition) is 5. The fraction of sp³-hybridized carbons (Fsp3) is 0.611. The minimum atomic E-state index is -0.462. The average Bonchev–Trinajstić information content (AvgIpc) is 3.11. The number of alkyl carbamates (subject to hydrolysis) is 1. The van der Waals surface area contributed by atoms with E-state index in [0.29, 0.717) is 6.04 Å². The van der Waals surface area contributed by atoms with Gasteiger partial charge in [-0.1, -0.05) is 12.1 Å². The average molecular weight is 334 g/mol. The van der Waals surface area contributed by atoms with E-state index in [1.807, 2.05) is 39.0 Å². The number of nitrogens with one attached hydrogen (secondary N) is 2. The van der Waals surface area contributed by atoms with E-state index in [4.69, 9.17) is 14.2 Å². The molecule has 1 amide bonds. The van der Waals surface area contributed by atoms with E-state index in [1.165, 1.54) is 0 Å². The molecule has 1 aromatic rings. The zero-order valence-corrected chi connectivity index (χ0v) is 14.6. The molecule has 1 saturated carbocycles. The third-order valence-corrected chi connectivity index (χ3v) is 4.21. The van der Waals surface area contributed by atoms with Gasteiger partial charge in [0.05, 0.1) is 0 Å². The molecule has 0 saturated heterocycles. The Balaban J connectivity index is 1.45. The summed E-state index contributed by atoms with van der Waals surface area (Å²) in [4.78, 5) is 11.8. The van der Waals surface area contributed by atoms with Gasteiger partial charge >= 0.3 is 6.09 Å². The molecule has 2 N–H and O–H groups in total. The standard InChI is InChI=1S/C18H26N2O4/c1-18(2,3)24-17(21)20-14-8-7-13(9-14)19-10-12-5-4-6-15-16(12)23-11-22-15/h4-6,13-14,19H,7-11H2,1-3H3,(H,20,21).